The molecule has 4 aromatic rings. The first kappa shape index (κ1) is 27.5. The molecule has 0 aliphatic carbocycles. The number of halogens is 2. The molecule has 0 fully saturated rings. The maximum atomic E-state index is 2.34. The molecule has 2 heterocycles. The zero-order valence-corrected chi connectivity index (χ0v) is 22.7. The van der Waals surface area contributed by atoms with E-state index in [-0.39, 0.29) is 34.0 Å². The van der Waals surface area contributed by atoms with Crippen LogP contribution in [0.15, 0.2) is 85.5 Å². The van der Waals surface area contributed by atoms with Crippen molar-refractivity contribution in [3.8, 4) is 0 Å². The van der Waals surface area contributed by atoms with Gasteiger partial charge in [0.15, 0.2) is 24.8 Å². The Morgan fingerprint density at radius 3 is 1.12 bits per heavy atom. The number of hydrogen-bond acceptors (Lipinski definition) is 0. The summed E-state index contributed by atoms with van der Waals surface area (Å²) in [5, 5.41) is 5.33. The summed E-state index contributed by atoms with van der Waals surface area (Å²) in [4.78, 5) is 0. The fourth-order valence-electron chi connectivity index (χ4n) is 4.46. The zero-order chi connectivity index (χ0) is 21.1. The van der Waals surface area contributed by atoms with Gasteiger partial charge < -0.3 is 34.0 Å². The molecule has 0 N–H and O–H groups in total. The van der Waals surface area contributed by atoms with E-state index in [2.05, 4.69) is 94.6 Å². The van der Waals surface area contributed by atoms with Crippen molar-refractivity contribution in [2.24, 2.45) is 0 Å². The summed E-state index contributed by atoms with van der Waals surface area (Å²) in [6.07, 6.45) is 21.2. The number of aromatic nitrogens is 2. The van der Waals surface area contributed by atoms with E-state index in [4.69, 9.17) is 0 Å². The molecule has 0 bridgehead atoms. The summed E-state index contributed by atoms with van der Waals surface area (Å²) < 4.78 is 4.69. The van der Waals surface area contributed by atoms with Crippen LogP contribution in [0.5, 0.6) is 0 Å². The van der Waals surface area contributed by atoms with E-state index < -0.39 is 0 Å². The van der Waals surface area contributed by atoms with Gasteiger partial charge in [-0.05, 0) is 35.7 Å². The summed E-state index contributed by atoms with van der Waals surface area (Å²) in [6.45, 7) is 2.27. The highest BCUT2D eigenvalue weighted by atomic mass is 79.9. The lowest BCUT2D eigenvalue weighted by molar-refractivity contribution is -0.696. The van der Waals surface area contributed by atoms with Crippen LogP contribution in [-0.2, 0) is 13.1 Å². The Bertz CT molecular complexity index is 1010. The molecule has 2 aromatic carbocycles. The third-order valence-corrected chi connectivity index (χ3v) is 6.33. The molecule has 176 valence electrons. The molecule has 0 saturated heterocycles. The molecule has 0 aliphatic heterocycles. The number of unbranched alkanes of at least 4 members (excludes halogenated alkanes) is 8. The SMILES string of the molecule is [Br-].[Br-].c1ccc2c[n+](CCCCCCCCCCC[n+]3ccc4ccccc4c3)ccc2c1. The first-order valence-corrected chi connectivity index (χ1v) is 12.1. The highest BCUT2D eigenvalue weighted by Crippen LogP contribution is 2.12. The molecule has 0 aliphatic rings. The summed E-state index contributed by atoms with van der Waals surface area (Å²) in [5.74, 6) is 0. The van der Waals surface area contributed by atoms with E-state index in [0.717, 1.165) is 13.1 Å². The number of nitrogens with zero attached hydrogens (tertiary/aromatic N) is 2. The minimum absolute atomic E-state index is 0. The molecular formula is C29H36Br2N2. The van der Waals surface area contributed by atoms with Crippen molar-refractivity contribution in [3.05, 3.63) is 85.5 Å². The fourth-order valence-corrected chi connectivity index (χ4v) is 4.46. The van der Waals surface area contributed by atoms with Crippen molar-refractivity contribution >= 4 is 21.5 Å². The second-order valence-corrected chi connectivity index (χ2v) is 8.81. The average Bonchev–Trinajstić information content (AvgIpc) is 2.82. The minimum Gasteiger partial charge on any atom is -1.00 e. The van der Waals surface area contributed by atoms with Crippen LogP contribution in [0.4, 0.5) is 0 Å². The summed E-state index contributed by atoms with van der Waals surface area (Å²) in [6, 6.07) is 21.7. The average molecular weight is 572 g/mol. The van der Waals surface area contributed by atoms with Gasteiger partial charge in [-0.1, -0.05) is 68.5 Å². The maximum absolute atomic E-state index is 2.34. The van der Waals surface area contributed by atoms with E-state index in [1.165, 1.54) is 79.3 Å². The van der Waals surface area contributed by atoms with Crippen LogP contribution >= 0.6 is 0 Å². The smallest absolute Gasteiger partial charge is 0.176 e. The number of rotatable bonds is 12. The Morgan fingerprint density at radius 2 is 0.727 bits per heavy atom. The zero-order valence-electron chi connectivity index (χ0n) is 19.5. The van der Waals surface area contributed by atoms with Gasteiger partial charge in [0, 0.05) is 35.7 Å². The van der Waals surface area contributed by atoms with Crippen molar-refractivity contribution in [3.63, 3.8) is 0 Å². The van der Waals surface area contributed by atoms with Crippen LogP contribution in [0.25, 0.3) is 21.5 Å². The summed E-state index contributed by atoms with van der Waals surface area (Å²) >= 11 is 0. The van der Waals surface area contributed by atoms with E-state index in [9.17, 15) is 0 Å². The van der Waals surface area contributed by atoms with E-state index >= 15 is 0 Å². The summed E-state index contributed by atoms with van der Waals surface area (Å²) in [7, 11) is 0. The maximum Gasteiger partial charge on any atom is 0.176 e. The third-order valence-electron chi connectivity index (χ3n) is 6.33. The van der Waals surface area contributed by atoms with E-state index in [0.29, 0.717) is 0 Å². The second kappa shape index (κ2) is 15.2. The first-order valence-electron chi connectivity index (χ1n) is 12.1. The van der Waals surface area contributed by atoms with Gasteiger partial charge in [-0.3, -0.25) is 0 Å². The highest BCUT2D eigenvalue weighted by molar-refractivity contribution is 5.80. The lowest BCUT2D eigenvalue weighted by Crippen LogP contribution is -3.00. The number of benzene rings is 2. The molecule has 4 heteroatoms. The molecule has 0 amide bonds. The van der Waals surface area contributed by atoms with Crippen molar-refractivity contribution in [1.82, 2.24) is 0 Å². The molecule has 0 saturated carbocycles. The number of fused-ring (bicyclic) bond motifs is 2. The van der Waals surface area contributed by atoms with Gasteiger partial charge in [-0.15, -0.1) is 0 Å². The molecular weight excluding hydrogens is 536 g/mol. The Morgan fingerprint density at radius 1 is 0.394 bits per heavy atom. The van der Waals surface area contributed by atoms with Crippen molar-refractivity contribution in [1.29, 1.82) is 0 Å². The number of pyridine rings is 2. The Hall–Kier alpha value is -1.78. The van der Waals surface area contributed by atoms with Gasteiger partial charge in [0.2, 0.25) is 0 Å². The van der Waals surface area contributed by atoms with Crippen LogP contribution in [0, 0.1) is 0 Å². The molecule has 0 unspecified atom stereocenters. The van der Waals surface area contributed by atoms with Crippen LogP contribution in [-0.4, -0.2) is 0 Å². The van der Waals surface area contributed by atoms with E-state index in [1.54, 1.807) is 0 Å². The highest BCUT2D eigenvalue weighted by Gasteiger charge is 2.04. The molecule has 2 aromatic heterocycles. The van der Waals surface area contributed by atoms with Gasteiger partial charge in [0.25, 0.3) is 0 Å². The Kier molecular flexibility index (Phi) is 12.6. The Labute approximate surface area is 220 Å². The van der Waals surface area contributed by atoms with Crippen LogP contribution in [0.3, 0.4) is 0 Å². The van der Waals surface area contributed by atoms with Crippen molar-refractivity contribution in [2.45, 2.75) is 70.9 Å². The predicted molar refractivity (Wildman–Crippen MR) is 130 cm³/mol. The minimum atomic E-state index is 0. The third kappa shape index (κ3) is 8.83. The van der Waals surface area contributed by atoms with Gasteiger partial charge in [0.1, 0.15) is 13.1 Å². The van der Waals surface area contributed by atoms with Gasteiger partial charge in [-0.25, -0.2) is 9.13 Å². The normalized spacial score (nSPS) is 10.7. The topological polar surface area (TPSA) is 7.76 Å². The standard InChI is InChI=1S/C29H36N2.2BrH/c1(2-4-6-12-20-30-22-18-26-14-8-10-16-28(26)24-30)3-5-7-13-21-31-23-19-27-15-9-11-17-29(27)25-31;;/h8-11,14-19,22-25H,1-7,12-13,20-21H2;2*1H/q+2;;/p-2. The molecule has 0 radical (unpaired) electrons. The van der Waals surface area contributed by atoms with E-state index in [1.807, 2.05) is 0 Å². The molecule has 4 rings (SSSR count). The van der Waals surface area contributed by atoms with Crippen molar-refractivity contribution < 1.29 is 43.1 Å². The predicted octanol–water partition coefficient (Wildman–Crippen LogP) is 0.787. The summed E-state index contributed by atoms with van der Waals surface area (Å²) in [5.41, 5.74) is 0. The number of hydrogen-bond donors (Lipinski definition) is 0. The number of aryl methyl sites for hydroxylation is 2. The van der Waals surface area contributed by atoms with Gasteiger partial charge in [-0.2, -0.15) is 0 Å². The molecule has 33 heavy (non-hydrogen) atoms. The lowest BCUT2D eigenvalue weighted by Gasteiger charge is -2.02. The first-order chi connectivity index (χ1) is 15.4. The lowest BCUT2D eigenvalue weighted by atomic mass is 10.1. The molecule has 0 spiro atoms. The van der Waals surface area contributed by atoms with Crippen molar-refractivity contribution in [2.75, 3.05) is 0 Å². The largest absolute Gasteiger partial charge is 1.00 e. The van der Waals surface area contributed by atoms with Crippen LogP contribution in [0.1, 0.15) is 57.8 Å². The van der Waals surface area contributed by atoms with Crippen LogP contribution in [0.2, 0.25) is 0 Å². The quantitative estimate of drug-likeness (QED) is 0.175. The second-order valence-electron chi connectivity index (χ2n) is 8.81. The van der Waals surface area contributed by atoms with Gasteiger partial charge >= 0.3 is 0 Å². The monoisotopic (exact) mass is 570 g/mol. The molecule has 0 atom stereocenters. The fraction of sp³-hybridized carbons (Fsp3) is 0.379. The molecule has 2 nitrogen and oxygen atoms in total. The van der Waals surface area contributed by atoms with Crippen LogP contribution < -0.4 is 43.1 Å². The van der Waals surface area contributed by atoms with Gasteiger partial charge in [0.05, 0.1) is 0 Å². The Balaban J connectivity index is 0.00000193.